The van der Waals surface area contributed by atoms with E-state index in [-0.39, 0.29) is 21.7 Å². The molecule has 4 aliphatic rings. The third-order valence-electron chi connectivity index (χ3n) is 34.5. The molecule has 0 atom stereocenters. The molecule has 31 rings (SSSR count). The Hall–Kier alpha value is -17.9. The van der Waals surface area contributed by atoms with Gasteiger partial charge in [-0.2, -0.15) is 0 Å². The molecule has 1 nitrogen and oxygen atoms in total. The first-order valence-electron chi connectivity index (χ1n) is 52.8. The van der Waals surface area contributed by atoms with Crippen molar-refractivity contribution in [2.45, 2.75) is 77.0 Å². The predicted octanol–water partition coefficient (Wildman–Crippen LogP) is 40.5. The predicted molar refractivity (Wildman–Crippen MR) is 636 cm³/mol. The Morgan fingerprint density at radius 3 is 0.738 bits per heavy atom. The first-order valence-corrected chi connectivity index (χ1v) is 52.8. The molecule has 0 N–H and O–H groups in total. The fourth-order valence-corrected chi connectivity index (χ4v) is 27.6. The second kappa shape index (κ2) is 33.3. The maximum Gasteiger partial charge on any atom is 0.0619 e. The maximum atomic E-state index is 2.51. The third-order valence-corrected chi connectivity index (χ3v) is 34.5. The average Bonchev–Trinajstić information content (AvgIpc) is 1.65. The molecule has 1 aromatic heterocycles. The molecule has 702 valence electrons. The van der Waals surface area contributed by atoms with Gasteiger partial charge < -0.3 is 4.57 Å². The molecule has 0 aliphatic heterocycles. The van der Waals surface area contributed by atoms with Crippen LogP contribution < -0.4 is 0 Å². The molecule has 4 aliphatic carbocycles. The molecular weight excluding hydrogens is 1790 g/mol. The highest BCUT2D eigenvalue weighted by Crippen LogP contribution is 2.62. The van der Waals surface area contributed by atoms with E-state index in [1.807, 2.05) is 0 Å². The summed E-state index contributed by atoms with van der Waals surface area (Å²) in [5, 5.41) is 25.8. The zero-order chi connectivity index (χ0) is 99.6. The molecule has 0 fully saturated rings. The van der Waals surface area contributed by atoms with Gasteiger partial charge in [-0.3, -0.25) is 0 Å². The topological polar surface area (TPSA) is 4.93 Å². The summed E-state index contributed by atoms with van der Waals surface area (Å²) in [6, 6.07) is 184. The normalized spacial score (nSPS) is 13.9. The van der Waals surface area contributed by atoms with Gasteiger partial charge in [-0.05, 0) is 295 Å². The molecule has 26 aromatic carbocycles. The standard InChI is InChI=1S/C51H34.C50H38.C47H33N/c1-51(2)44-20-9-8-18-41(44)50-42(19-11-21-45(50)51)49-37-17-7-6-16-36(37)48(40-29-26-35(30-43(40)49)31-12-4-3-5-13-31)39-28-25-34-23-22-32-14-10-15-33-24-27-38(39)47(34)46(32)33;1-49(2)41-24-12-10-20-36(41)47-38(22-14-26-43(47)49)45-33-18-8-9-19-34(33)46(40-30-32(28-29-35(40)45)31-16-6-5-7-17-31)39-23-15-27-44-48(39)37-21-11-13-25-42(37)50(44,3)4;1-47(2)40-23-11-8-21-37(40)45-38(22-14-24-41(45)47)44-34-19-6-7-20-35(34)46(36-28-27-31(29-39(36)44)30-15-4-3-5-16-30)48-42-25-12-9-17-32(42)33-18-10-13-26-43(33)48/h3-30H,1-2H3;5-30H,1-4H3;3-29H,1-2H3. The summed E-state index contributed by atoms with van der Waals surface area (Å²) in [6.07, 6.45) is 0. The van der Waals surface area contributed by atoms with Crippen molar-refractivity contribution in [3.05, 3.63) is 536 Å². The summed E-state index contributed by atoms with van der Waals surface area (Å²) in [6.45, 7) is 19.0. The molecule has 27 aromatic rings. The van der Waals surface area contributed by atoms with Crippen LogP contribution >= 0.6 is 0 Å². The first kappa shape index (κ1) is 87.7. The third kappa shape index (κ3) is 13.0. The monoisotopic (exact) mass is 1900 g/mol. The van der Waals surface area contributed by atoms with Gasteiger partial charge in [0.1, 0.15) is 0 Å². The summed E-state index contributed by atoms with van der Waals surface area (Å²) < 4.78 is 2.51. The zero-order valence-electron chi connectivity index (χ0n) is 84.7. The van der Waals surface area contributed by atoms with E-state index in [1.165, 1.54) is 302 Å². The van der Waals surface area contributed by atoms with Gasteiger partial charge in [0.05, 0.1) is 16.7 Å². The molecule has 0 unspecified atom stereocenters. The molecule has 149 heavy (non-hydrogen) atoms. The lowest BCUT2D eigenvalue weighted by Crippen LogP contribution is -2.14. The number of rotatable bonds is 9. The summed E-state index contributed by atoms with van der Waals surface area (Å²) >= 11 is 0. The Morgan fingerprint density at radius 2 is 0.369 bits per heavy atom. The van der Waals surface area contributed by atoms with Crippen molar-refractivity contribution in [1.29, 1.82) is 0 Å². The summed E-state index contributed by atoms with van der Waals surface area (Å²) in [7, 11) is 0. The first-order chi connectivity index (χ1) is 73.0. The van der Waals surface area contributed by atoms with Crippen molar-refractivity contribution in [3.63, 3.8) is 0 Å². The van der Waals surface area contributed by atoms with Crippen molar-refractivity contribution >= 4 is 119 Å². The van der Waals surface area contributed by atoms with Crippen molar-refractivity contribution in [2.24, 2.45) is 0 Å². The van der Waals surface area contributed by atoms with E-state index in [4.69, 9.17) is 0 Å². The van der Waals surface area contributed by atoms with E-state index >= 15 is 0 Å². The van der Waals surface area contributed by atoms with E-state index in [1.54, 1.807) is 0 Å². The fourth-order valence-electron chi connectivity index (χ4n) is 27.6. The highest BCUT2D eigenvalue weighted by molar-refractivity contribution is 6.32. The molecule has 0 amide bonds. The molecular formula is C148H105N. The lowest BCUT2D eigenvalue weighted by molar-refractivity contribution is 0.660. The van der Waals surface area contributed by atoms with Crippen LogP contribution in [0.15, 0.2) is 491 Å². The minimum Gasteiger partial charge on any atom is -0.308 e. The van der Waals surface area contributed by atoms with Crippen LogP contribution in [0, 0.1) is 0 Å². The highest BCUT2D eigenvalue weighted by Gasteiger charge is 2.43. The highest BCUT2D eigenvalue weighted by atomic mass is 15.0. The van der Waals surface area contributed by atoms with Crippen molar-refractivity contribution in [2.75, 3.05) is 0 Å². The summed E-state index contributed by atoms with van der Waals surface area (Å²) in [4.78, 5) is 0. The second-order valence-electron chi connectivity index (χ2n) is 43.7. The minimum atomic E-state index is -0.0790. The zero-order valence-corrected chi connectivity index (χ0v) is 84.7. The Bertz CT molecular complexity index is 10300. The Labute approximate surface area is 869 Å². The molecule has 0 saturated carbocycles. The van der Waals surface area contributed by atoms with E-state index in [9.17, 15) is 0 Å². The number of nitrogens with zero attached hydrogens (tertiary/aromatic N) is 1. The number of hydrogen-bond donors (Lipinski definition) is 0. The molecule has 1 heterocycles. The van der Waals surface area contributed by atoms with Gasteiger partial charge in [0.2, 0.25) is 0 Å². The number of aromatic nitrogens is 1. The Kier molecular flexibility index (Phi) is 19.6. The van der Waals surface area contributed by atoms with Crippen LogP contribution in [-0.2, 0) is 21.7 Å². The largest absolute Gasteiger partial charge is 0.308 e. The SMILES string of the molecule is CC1(C)c2ccccc2-c2c(-c3c4ccccc4c(-c4ccc5ccc6cccc7ccc4c5c67)c4ccc(-c5ccccc5)cc34)cccc21.CC1(C)c2ccccc2-c2c(-c3c4ccccc4c(-c4cccc5c4-c4ccccc4C5(C)C)c4cc(-c5ccccc5)ccc34)cccc21.CC1(C)c2ccccc2-c2c(-c3c4ccccc4c(-n4c5ccccc5c5ccccc54)c4ccc(-c5ccccc5)cc34)cccc21. The van der Waals surface area contributed by atoms with Crippen molar-refractivity contribution in [3.8, 4) is 139 Å². The lowest BCUT2D eigenvalue weighted by atomic mass is 9.79. The van der Waals surface area contributed by atoms with Crippen molar-refractivity contribution in [1.82, 2.24) is 4.57 Å². The number of benzene rings is 26. The molecule has 0 radical (unpaired) electrons. The summed E-state index contributed by atoms with van der Waals surface area (Å²) in [5.41, 5.74) is 45.8. The molecule has 0 spiro atoms. The van der Waals surface area contributed by atoms with Crippen LogP contribution in [0.4, 0.5) is 0 Å². The smallest absolute Gasteiger partial charge is 0.0619 e. The molecule has 0 saturated heterocycles. The Morgan fingerprint density at radius 1 is 0.134 bits per heavy atom. The number of hydrogen-bond acceptors (Lipinski definition) is 0. The van der Waals surface area contributed by atoms with Crippen LogP contribution in [-0.4, -0.2) is 4.57 Å². The van der Waals surface area contributed by atoms with Crippen LogP contribution in [0.1, 0.15) is 99.9 Å². The average molecular weight is 1900 g/mol. The number of fused-ring (bicyclic) bond motifs is 21. The van der Waals surface area contributed by atoms with Crippen LogP contribution in [0.3, 0.4) is 0 Å². The van der Waals surface area contributed by atoms with Gasteiger partial charge in [0, 0.05) is 43.2 Å². The summed E-state index contributed by atoms with van der Waals surface area (Å²) in [5.74, 6) is 0. The van der Waals surface area contributed by atoms with Crippen LogP contribution in [0.25, 0.3) is 258 Å². The Balaban J connectivity index is 0.000000105. The van der Waals surface area contributed by atoms with Gasteiger partial charge in [-0.25, -0.2) is 0 Å². The van der Waals surface area contributed by atoms with Crippen LogP contribution in [0.2, 0.25) is 0 Å². The molecule has 0 bridgehead atoms. The van der Waals surface area contributed by atoms with Gasteiger partial charge in [0.15, 0.2) is 0 Å². The van der Waals surface area contributed by atoms with Crippen molar-refractivity contribution < 1.29 is 0 Å². The quantitative estimate of drug-likeness (QED) is 0.100. The maximum absolute atomic E-state index is 2.51. The van der Waals surface area contributed by atoms with E-state index in [0.717, 1.165) is 0 Å². The van der Waals surface area contributed by atoms with Crippen LogP contribution in [0.5, 0.6) is 0 Å². The van der Waals surface area contributed by atoms with Gasteiger partial charge >= 0.3 is 0 Å². The molecule has 1 heteroatoms. The van der Waals surface area contributed by atoms with Gasteiger partial charge in [-0.1, -0.05) is 516 Å². The fraction of sp³-hybridized carbons (Fsp3) is 0.0811. The van der Waals surface area contributed by atoms with Gasteiger partial charge in [-0.15, -0.1) is 0 Å². The van der Waals surface area contributed by atoms with Gasteiger partial charge in [0.25, 0.3) is 0 Å². The second-order valence-corrected chi connectivity index (χ2v) is 43.7. The number of para-hydroxylation sites is 2. The minimum absolute atomic E-state index is 0.0707. The van der Waals surface area contributed by atoms with E-state index < -0.39 is 0 Å². The van der Waals surface area contributed by atoms with E-state index in [0.29, 0.717) is 0 Å². The lowest BCUT2D eigenvalue weighted by Gasteiger charge is -2.24. The van der Waals surface area contributed by atoms with E-state index in [2.05, 4.69) is 551 Å².